The lowest BCUT2D eigenvalue weighted by molar-refractivity contribution is -0.0135. The van der Waals surface area contributed by atoms with Crippen molar-refractivity contribution < 1.29 is 9.84 Å². The highest BCUT2D eigenvalue weighted by atomic mass is 35.5. The molecule has 4 rings (SSSR count). The first-order chi connectivity index (χ1) is 12.7. The van der Waals surface area contributed by atoms with Crippen LogP contribution in [-0.4, -0.2) is 55.6 Å². The van der Waals surface area contributed by atoms with Gasteiger partial charge in [-0.15, -0.1) is 0 Å². The second kappa shape index (κ2) is 7.36. The van der Waals surface area contributed by atoms with Gasteiger partial charge in [-0.05, 0) is 18.6 Å². The maximum absolute atomic E-state index is 10.0. The van der Waals surface area contributed by atoms with Crippen LogP contribution in [0.25, 0.3) is 22.5 Å². The summed E-state index contributed by atoms with van der Waals surface area (Å²) in [6.45, 7) is 0.930. The zero-order valence-electron chi connectivity index (χ0n) is 13.8. The van der Waals surface area contributed by atoms with Crippen molar-refractivity contribution >= 4 is 17.4 Å². The molecule has 0 unspecified atom stereocenters. The van der Waals surface area contributed by atoms with E-state index in [1.54, 1.807) is 18.6 Å². The number of hydrogen-bond donors (Lipinski definition) is 3. The van der Waals surface area contributed by atoms with Crippen molar-refractivity contribution in [2.24, 2.45) is 0 Å². The highest BCUT2D eigenvalue weighted by Gasteiger charge is 2.24. The summed E-state index contributed by atoms with van der Waals surface area (Å²) in [4.78, 5) is 12.7. The molecule has 0 aromatic carbocycles. The summed E-state index contributed by atoms with van der Waals surface area (Å²) in [5.74, 6) is 1.27. The summed E-state index contributed by atoms with van der Waals surface area (Å²) < 4.78 is 5.26. The molecule has 1 saturated heterocycles. The van der Waals surface area contributed by atoms with Crippen molar-refractivity contribution in [3.8, 4) is 22.5 Å². The zero-order valence-corrected chi connectivity index (χ0v) is 14.5. The Morgan fingerprint density at radius 3 is 2.88 bits per heavy atom. The predicted molar refractivity (Wildman–Crippen MR) is 96.7 cm³/mol. The lowest BCUT2D eigenvalue weighted by Gasteiger charge is -2.29. The maximum atomic E-state index is 10.0. The standard InChI is InChI=1S/C17H17ClN6O2/c18-13-7-20-16(23-14-1-2-26-8-15(14)25)4-12(13)10-3-11(6-19-5-10)17-21-9-22-24-17/h3-7,9,14-15,25H,1-2,8H2,(H,20,23)(H,21,22,24)/t14-,15-/m1/s1. The van der Waals surface area contributed by atoms with Crippen LogP contribution in [0.15, 0.2) is 37.1 Å². The van der Waals surface area contributed by atoms with E-state index in [2.05, 4.69) is 30.5 Å². The van der Waals surface area contributed by atoms with E-state index >= 15 is 0 Å². The Hall–Kier alpha value is -2.55. The molecule has 3 aromatic heterocycles. The molecule has 3 N–H and O–H groups in total. The molecule has 134 valence electrons. The molecule has 0 spiro atoms. The Bertz CT molecular complexity index is 889. The summed E-state index contributed by atoms with van der Waals surface area (Å²) in [5.41, 5.74) is 2.43. The third-order valence-corrected chi connectivity index (χ3v) is 4.55. The minimum atomic E-state index is -0.568. The number of aliphatic hydroxyl groups is 1. The van der Waals surface area contributed by atoms with Gasteiger partial charge in [-0.25, -0.2) is 9.97 Å². The van der Waals surface area contributed by atoms with Gasteiger partial charge in [0.15, 0.2) is 5.82 Å². The zero-order chi connectivity index (χ0) is 17.9. The smallest absolute Gasteiger partial charge is 0.157 e. The van der Waals surface area contributed by atoms with E-state index in [1.165, 1.54) is 6.33 Å². The average molecular weight is 373 g/mol. The molecule has 9 heteroatoms. The third-order valence-electron chi connectivity index (χ3n) is 4.25. The van der Waals surface area contributed by atoms with E-state index < -0.39 is 6.10 Å². The number of aromatic amines is 1. The van der Waals surface area contributed by atoms with Crippen LogP contribution in [0.5, 0.6) is 0 Å². The van der Waals surface area contributed by atoms with E-state index in [0.29, 0.717) is 36.3 Å². The second-order valence-electron chi connectivity index (χ2n) is 6.03. The molecule has 3 aromatic rings. The summed E-state index contributed by atoms with van der Waals surface area (Å²) in [6, 6.07) is 3.68. The van der Waals surface area contributed by atoms with Crippen molar-refractivity contribution in [2.45, 2.75) is 18.6 Å². The van der Waals surface area contributed by atoms with Crippen molar-refractivity contribution in [2.75, 3.05) is 18.5 Å². The van der Waals surface area contributed by atoms with Crippen molar-refractivity contribution in [3.05, 3.63) is 42.1 Å². The molecule has 0 saturated carbocycles. The summed E-state index contributed by atoms with van der Waals surface area (Å²) >= 11 is 6.36. The van der Waals surface area contributed by atoms with Crippen LogP contribution in [0.1, 0.15) is 6.42 Å². The van der Waals surface area contributed by atoms with Crippen molar-refractivity contribution in [1.29, 1.82) is 0 Å². The number of hydrogen-bond acceptors (Lipinski definition) is 7. The normalized spacial score (nSPS) is 20.1. The number of nitrogens with one attached hydrogen (secondary N) is 2. The maximum Gasteiger partial charge on any atom is 0.157 e. The number of aromatic nitrogens is 5. The Labute approximate surface area is 154 Å². The number of pyridine rings is 2. The first kappa shape index (κ1) is 16.9. The highest BCUT2D eigenvalue weighted by Crippen LogP contribution is 2.31. The topological polar surface area (TPSA) is 109 Å². The van der Waals surface area contributed by atoms with Gasteiger partial charge in [0, 0.05) is 41.9 Å². The number of halogens is 1. The number of nitrogens with zero attached hydrogens (tertiary/aromatic N) is 4. The molecule has 0 aliphatic carbocycles. The first-order valence-electron chi connectivity index (χ1n) is 8.20. The van der Waals surface area contributed by atoms with Crippen LogP contribution in [0.2, 0.25) is 5.02 Å². The SMILES string of the molecule is O[C@@H]1COCC[C@H]1Nc1cc(-c2cncc(-c3ncn[nH]3)c2)c(Cl)cn1. The van der Waals surface area contributed by atoms with Crippen LogP contribution < -0.4 is 5.32 Å². The Kier molecular flexibility index (Phi) is 4.79. The van der Waals surface area contributed by atoms with Crippen LogP contribution >= 0.6 is 11.6 Å². The van der Waals surface area contributed by atoms with Gasteiger partial charge in [-0.3, -0.25) is 10.1 Å². The van der Waals surface area contributed by atoms with Gasteiger partial charge < -0.3 is 15.2 Å². The van der Waals surface area contributed by atoms with Gasteiger partial charge in [0.05, 0.1) is 23.8 Å². The van der Waals surface area contributed by atoms with Gasteiger partial charge in [0.25, 0.3) is 0 Å². The van der Waals surface area contributed by atoms with E-state index in [4.69, 9.17) is 16.3 Å². The molecule has 8 nitrogen and oxygen atoms in total. The van der Waals surface area contributed by atoms with Gasteiger partial charge in [0.2, 0.25) is 0 Å². The minimum Gasteiger partial charge on any atom is -0.389 e. The summed E-state index contributed by atoms with van der Waals surface area (Å²) in [6.07, 6.45) is 6.61. The Morgan fingerprint density at radius 1 is 1.19 bits per heavy atom. The summed E-state index contributed by atoms with van der Waals surface area (Å²) in [5, 5.41) is 20.5. The summed E-state index contributed by atoms with van der Waals surface area (Å²) in [7, 11) is 0. The van der Waals surface area contributed by atoms with Gasteiger partial charge in [-0.2, -0.15) is 5.10 Å². The molecule has 4 heterocycles. The highest BCUT2D eigenvalue weighted by molar-refractivity contribution is 6.33. The van der Waals surface area contributed by atoms with Crippen LogP contribution in [-0.2, 0) is 4.74 Å². The van der Waals surface area contributed by atoms with E-state index in [0.717, 1.165) is 16.7 Å². The Morgan fingerprint density at radius 2 is 2.08 bits per heavy atom. The van der Waals surface area contributed by atoms with Crippen molar-refractivity contribution in [1.82, 2.24) is 25.1 Å². The monoisotopic (exact) mass is 372 g/mol. The Balaban J connectivity index is 1.63. The lowest BCUT2D eigenvalue weighted by Crippen LogP contribution is -2.42. The van der Waals surface area contributed by atoms with Gasteiger partial charge in [-0.1, -0.05) is 11.6 Å². The number of anilines is 1. The number of aliphatic hydroxyl groups excluding tert-OH is 1. The van der Waals surface area contributed by atoms with Gasteiger partial charge in [0.1, 0.15) is 12.1 Å². The van der Waals surface area contributed by atoms with Crippen LogP contribution in [0, 0.1) is 0 Å². The number of ether oxygens (including phenoxy) is 1. The van der Waals surface area contributed by atoms with E-state index in [-0.39, 0.29) is 6.04 Å². The average Bonchev–Trinajstić information content (AvgIpc) is 3.20. The second-order valence-corrected chi connectivity index (χ2v) is 6.43. The third kappa shape index (κ3) is 3.52. The largest absolute Gasteiger partial charge is 0.389 e. The fourth-order valence-electron chi connectivity index (χ4n) is 2.88. The predicted octanol–water partition coefficient (Wildman–Crippen LogP) is 2.14. The van der Waals surface area contributed by atoms with Gasteiger partial charge >= 0.3 is 0 Å². The molecule has 0 radical (unpaired) electrons. The molecule has 0 bridgehead atoms. The quantitative estimate of drug-likeness (QED) is 0.643. The molecule has 1 aliphatic heterocycles. The molecule has 2 atom stereocenters. The molecular weight excluding hydrogens is 356 g/mol. The van der Waals surface area contributed by atoms with Crippen molar-refractivity contribution in [3.63, 3.8) is 0 Å². The number of rotatable bonds is 4. The molecule has 1 fully saturated rings. The fourth-order valence-corrected chi connectivity index (χ4v) is 3.09. The number of H-pyrrole nitrogens is 1. The minimum absolute atomic E-state index is 0.107. The van der Waals surface area contributed by atoms with Crippen LogP contribution in [0.3, 0.4) is 0 Å². The van der Waals surface area contributed by atoms with E-state index in [1.807, 2.05) is 12.1 Å². The molecule has 0 amide bonds. The lowest BCUT2D eigenvalue weighted by atomic mass is 10.0. The van der Waals surface area contributed by atoms with Crippen LogP contribution in [0.4, 0.5) is 5.82 Å². The fraction of sp³-hybridized carbons (Fsp3) is 0.294. The first-order valence-corrected chi connectivity index (χ1v) is 8.57. The van der Waals surface area contributed by atoms with E-state index in [9.17, 15) is 5.11 Å². The molecule has 1 aliphatic rings. The molecular formula is C17H17ClN6O2. The molecule has 26 heavy (non-hydrogen) atoms.